The van der Waals surface area contributed by atoms with Crippen LogP contribution in [0.1, 0.15) is 30.0 Å². The third-order valence-electron chi connectivity index (χ3n) is 5.77. The number of rotatable bonds is 8. The summed E-state index contributed by atoms with van der Waals surface area (Å²) in [6.45, 7) is 2.66. The Morgan fingerprint density at radius 3 is 2.63 bits per heavy atom. The van der Waals surface area contributed by atoms with E-state index in [1.807, 2.05) is 30.3 Å². The summed E-state index contributed by atoms with van der Waals surface area (Å²) in [7, 11) is 3.30. The first-order chi connectivity index (χ1) is 14.7. The van der Waals surface area contributed by atoms with Crippen LogP contribution >= 0.6 is 0 Å². The van der Waals surface area contributed by atoms with Crippen molar-refractivity contribution in [1.29, 1.82) is 0 Å². The number of carbonyl (C=O) groups excluding carboxylic acids is 1. The van der Waals surface area contributed by atoms with Crippen molar-refractivity contribution in [1.82, 2.24) is 10.2 Å². The zero-order valence-corrected chi connectivity index (χ0v) is 17.5. The largest absolute Gasteiger partial charge is 0.497 e. The van der Waals surface area contributed by atoms with Crippen molar-refractivity contribution >= 4 is 16.9 Å². The predicted octanol–water partition coefficient (Wildman–Crippen LogP) is 3.95. The van der Waals surface area contributed by atoms with E-state index >= 15 is 0 Å². The van der Waals surface area contributed by atoms with Crippen LogP contribution in [0, 0.1) is 0 Å². The third kappa shape index (κ3) is 4.44. The van der Waals surface area contributed by atoms with Gasteiger partial charge in [-0.2, -0.15) is 0 Å². The zero-order valence-electron chi connectivity index (χ0n) is 17.5. The summed E-state index contributed by atoms with van der Waals surface area (Å²) in [5, 5.41) is 4.07. The maximum atomic E-state index is 12.7. The molecule has 1 aliphatic heterocycles. The summed E-state index contributed by atoms with van der Waals surface area (Å²) in [5.74, 6) is 1.56. The van der Waals surface area contributed by atoms with Gasteiger partial charge in [-0.15, -0.1) is 0 Å². The van der Waals surface area contributed by atoms with Crippen LogP contribution in [0.5, 0.6) is 11.5 Å². The van der Waals surface area contributed by atoms with Crippen LogP contribution in [0.25, 0.3) is 11.0 Å². The highest BCUT2D eigenvalue weighted by molar-refractivity contribution is 5.88. The Labute approximate surface area is 176 Å². The van der Waals surface area contributed by atoms with Crippen molar-refractivity contribution in [3.8, 4) is 11.5 Å². The van der Waals surface area contributed by atoms with Gasteiger partial charge in [0.15, 0.2) is 0 Å². The van der Waals surface area contributed by atoms with Crippen LogP contribution < -0.4 is 14.8 Å². The van der Waals surface area contributed by atoms with E-state index in [1.165, 1.54) is 12.8 Å². The van der Waals surface area contributed by atoms with E-state index in [4.69, 9.17) is 13.9 Å². The predicted molar refractivity (Wildman–Crippen MR) is 116 cm³/mol. The summed E-state index contributed by atoms with van der Waals surface area (Å²) >= 11 is 0. The van der Waals surface area contributed by atoms with Gasteiger partial charge in [0.2, 0.25) is 5.91 Å². The molecule has 1 atom stereocenters. The van der Waals surface area contributed by atoms with Gasteiger partial charge in [-0.25, -0.2) is 0 Å². The number of likely N-dealkylation sites (tertiary alicyclic amines) is 1. The summed E-state index contributed by atoms with van der Waals surface area (Å²) in [6.07, 6.45) is 4.33. The molecule has 6 heteroatoms. The highest BCUT2D eigenvalue weighted by atomic mass is 16.5. The molecule has 1 saturated heterocycles. The minimum absolute atomic E-state index is 0.0133. The van der Waals surface area contributed by atoms with E-state index in [-0.39, 0.29) is 18.4 Å². The zero-order chi connectivity index (χ0) is 20.9. The van der Waals surface area contributed by atoms with Crippen LogP contribution in [0.2, 0.25) is 0 Å². The molecule has 0 aliphatic carbocycles. The number of nitrogens with one attached hydrogen (secondary N) is 1. The lowest BCUT2D eigenvalue weighted by molar-refractivity contribution is -0.120. The standard InChI is InChI=1S/C24H28N2O4/c1-28-19-7-5-6-17(12-19)22(26-10-3-4-11-26)15-25-24(27)13-18-16-30-23-14-20(29-2)8-9-21(18)23/h5-9,12,14,16,22H,3-4,10-11,13,15H2,1-2H3,(H,25,27)/t22-/m1/s1. The number of furan rings is 1. The van der Waals surface area contributed by atoms with E-state index in [0.717, 1.165) is 46.7 Å². The quantitative estimate of drug-likeness (QED) is 0.612. The Bertz CT molecular complexity index is 1010. The molecule has 4 rings (SSSR count). The molecule has 1 aliphatic rings. The number of fused-ring (bicyclic) bond motifs is 1. The molecule has 3 aromatic rings. The molecule has 0 radical (unpaired) electrons. The van der Waals surface area contributed by atoms with Gasteiger partial charge < -0.3 is 19.2 Å². The molecular formula is C24H28N2O4. The van der Waals surface area contributed by atoms with Crippen molar-refractivity contribution in [2.75, 3.05) is 33.9 Å². The van der Waals surface area contributed by atoms with Gasteiger partial charge >= 0.3 is 0 Å². The number of ether oxygens (including phenoxy) is 2. The van der Waals surface area contributed by atoms with Gasteiger partial charge in [-0.3, -0.25) is 9.69 Å². The van der Waals surface area contributed by atoms with Crippen LogP contribution in [0.3, 0.4) is 0 Å². The molecule has 0 bridgehead atoms. The molecule has 1 N–H and O–H groups in total. The SMILES string of the molecule is COc1cccc([C@@H](CNC(=O)Cc2coc3cc(OC)ccc23)N2CCCC2)c1. The molecular weight excluding hydrogens is 380 g/mol. The number of hydrogen-bond acceptors (Lipinski definition) is 5. The average molecular weight is 408 g/mol. The molecule has 2 heterocycles. The number of hydrogen-bond donors (Lipinski definition) is 1. The fourth-order valence-corrected chi connectivity index (χ4v) is 4.13. The Kier molecular flexibility index (Phi) is 6.23. The molecule has 6 nitrogen and oxygen atoms in total. The minimum atomic E-state index is -0.0133. The summed E-state index contributed by atoms with van der Waals surface area (Å²) in [5.41, 5.74) is 2.77. The van der Waals surface area contributed by atoms with Gasteiger partial charge in [-0.1, -0.05) is 12.1 Å². The molecule has 1 aromatic heterocycles. The van der Waals surface area contributed by atoms with Crippen LogP contribution in [-0.2, 0) is 11.2 Å². The molecule has 30 heavy (non-hydrogen) atoms. The third-order valence-corrected chi connectivity index (χ3v) is 5.77. The smallest absolute Gasteiger partial charge is 0.224 e. The number of methoxy groups -OCH3 is 2. The van der Waals surface area contributed by atoms with E-state index < -0.39 is 0 Å². The second-order valence-electron chi connectivity index (χ2n) is 7.64. The van der Waals surface area contributed by atoms with Crippen LogP contribution in [-0.4, -0.2) is 44.7 Å². The maximum absolute atomic E-state index is 12.7. The molecule has 0 unspecified atom stereocenters. The van der Waals surface area contributed by atoms with Gasteiger partial charge in [-0.05, 0) is 55.8 Å². The van der Waals surface area contributed by atoms with Gasteiger partial charge in [0.1, 0.15) is 17.1 Å². The van der Waals surface area contributed by atoms with Crippen molar-refractivity contribution in [2.45, 2.75) is 25.3 Å². The molecule has 0 spiro atoms. The number of nitrogens with zero attached hydrogens (tertiary/aromatic N) is 1. The fraction of sp³-hybridized carbons (Fsp3) is 0.375. The van der Waals surface area contributed by atoms with Gasteiger partial charge in [0.05, 0.1) is 32.9 Å². The van der Waals surface area contributed by atoms with E-state index in [9.17, 15) is 4.79 Å². The summed E-state index contributed by atoms with van der Waals surface area (Å²) in [4.78, 5) is 15.2. The molecule has 2 aromatic carbocycles. The monoisotopic (exact) mass is 408 g/mol. The number of carbonyl (C=O) groups is 1. The minimum Gasteiger partial charge on any atom is -0.497 e. The normalized spacial score (nSPS) is 15.3. The second kappa shape index (κ2) is 9.22. The Morgan fingerprint density at radius 2 is 1.87 bits per heavy atom. The summed E-state index contributed by atoms with van der Waals surface area (Å²) in [6, 6.07) is 13.9. The lowest BCUT2D eigenvalue weighted by Gasteiger charge is -2.28. The van der Waals surface area contributed by atoms with Crippen LogP contribution in [0.4, 0.5) is 0 Å². The molecule has 1 fully saturated rings. The van der Waals surface area contributed by atoms with Crippen molar-refractivity contribution < 1.29 is 18.7 Å². The fourth-order valence-electron chi connectivity index (χ4n) is 4.13. The van der Waals surface area contributed by atoms with Crippen molar-refractivity contribution in [2.24, 2.45) is 0 Å². The van der Waals surface area contributed by atoms with Crippen LogP contribution in [0.15, 0.2) is 53.1 Å². The van der Waals surface area contributed by atoms with Gasteiger partial charge in [0, 0.05) is 23.6 Å². The van der Waals surface area contributed by atoms with Gasteiger partial charge in [0.25, 0.3) is 0 Å². The van der Waals surface area contributed by atoms with E-state index in [0.29, 0.717) is 6.54 Å². The Balaban J connectivity index is 1.45. The van der Waals surface area contributed by atoms with Crippen molar-refractivity contribution in [3.63, 3.8) is 0 Å². The Hall–Kier alpha value is -2.99. The number of amides is 1. The van der Waals surface area contributed by atoms with E-state index in [1.54, 1.807) is 20.5 Å². The lowest BCUT2D eigenvalue weighted by atomic mass is 10.0. The first-order valence-corrected chi connectivity index (χ1v) is 10.4. The Morgan fingerprint density at radius 1 is 1.10 bits per heavy atom. The molecule has 0 saturated carbocycles. The maximum Gasteiger partial charge on any atom is 0.224 e. The average Bonchev–Trinajstić information content (AvgIpc) is 3.44. The van der Waals surface area contributed by atoms with E-state index in [2.05, 4.69) is 22.3 Å². The topological polar surface area (TPSA) is 63.9 Å². The lowest BCUT2D eigenvalue weighted by Crippen LogP contribution is -2.37. The molecule has 158 valence electrons. The highest BCUT2D eigenvalue weighted by Crippen LogP contribution is 2.28. The second-order valence-corrected chi connectivity index (χ2v) is 7.64. The number of benzene rings is 2. The first kappa shape index (κ1) is 20.3. The first-order valence-electron chi connectivity index (χ1n) is 10.4. The highest BCUT2D eigenvalue weighted by Gasteiger charge is 2.24. The molecule has 1 amide bonds. The summed E-state index contributed by atoms with van der Waals surface area (Å²) < 4.78 is 16.2. The van der Waals surface area contributed by atoms with Crippen molar-refractivity contribution in [3.05, 3.63) is 59.9 Å².